The molecule has 146 valence electrons. The summed E-state index contributed by atoms with van der Waals surface area (Å²) in [6, 6.07) is 6.20. The largest absolute Gasteiger partial charge is 0.333 e. The highest BCUT2D eigenvalue weighted by molar-refractivity contribution is 7.15. The second-order valence-corrected chi connectivity index (χ2v) is 8.19. The molecule has 0 N–H and O–H groups in total. The molecule has 0 saturated carbocycles. The summed E-state index contributed by atoms with van der Waals surface area (Å²) in [4.78, 5) is 30.7. The Kier molecular flexibility index (Phi) is 4.64. The van der Waals surface area contributed by atoms with Crippen molar-refractivity contribution in [3.63, 3.8) is 0 Å². The molecule has 0 radical (unpaired) electrons. The predicted octanol–water partition coefficient (Wildman–Crippen LogP) is 2.74. The Hall–Kier alpha value is -3.17. The molecule has 0 saturated heterocycles. The van der Waals surface area contributed by atoms with E-state index in [2.05, 4.69) is 33.7 Å². The van der Waals surface area contributed by atoms with Crippen molar-refractivity contribution in [3.05, 3.63) is 71.5 Å². The molecule has 29 heavy (non-hydrogen) atoms. The fraction of sp³-hybridized carbons (Fsp3) is 0.261. The van der Waals surface area contributed by atoms with Gasteiger partial charge in [0.05, 0.1) is 11.1 Å². The third kappa shape index (κ3) is 2.90. The number of thiazole rings is 1. The monoisotopic (exact) mass is 403 g/mol. The van der Waals surface area contributed by atoms with E-state index in [1.165, 1.54) is 15.7 Å². The number of hydrogen-bond donors (Lipinski definition) is 0. The smallest absolute Gasteiger partial charge is 0.277 e. The zero-order valence-corrected chi connectivity index (χ0v) is 17.7. The number of aromatic nitrogens is 3. The Morgan fingerprint density at radius 2 is 1.97 bits per heavy atom. The van der Waals surface area contributed by atoms with E-state index in [0.717, 1.165) is 27.7 Å². The Balaban J connectivity index is 2.09. The van der Waals surface area contributed by atoms with E-state index in [1.807, 2.05) is 33.8 Å². The molecular weight excluding hydrogens is 382 g/mol. The molecule has 0 atom stereocenters. The second-order valence-electron chi connectivity index (χ2n) is 7.18. The van der Waals surface area contributed by atoms with Gasteiger partial charge in [-0.3, -0.25) is 9.59 Å². The first-order valence-corrected chi connectivity index (χ1v) is 10.3. The predicted molar refractivity (Wildman–Crippen MR) is 119 cm³/mol. The first kappa shape index (κ1) is 19.2. The van der Waals surface area contributed by atoms with Crippen LogP contribution < -0.4 is 15.7 Å². The van der Waals surface area contributed by atoms with Gasteiger partial charge >= 0.3 is 0 Å². The lowest BCUT2D eigenvalue weighted by Gasteiger charge is -2.03. The summed E-state index contributed by atoms with van der Waals surface area (Å²) >= 11 is 1.24. The summed E-state index contributed by atoms with van der Waals surface area (Å²) in [6.45, 7) is 8.20. The fourth-order valence-corrected chi connectivity index (χ4v) is 4.86. The van der Waals surface area contributed by atoms with Gasteiger partial charge in [0.15, 0.2) is 0 Å². The molecule has 3 heterocycles. The van der Waals surface area contributed by atoms with Gasteiger partial charge in [-0.2, -0.15) is 0 Å². The van der Waals surface area contributed by atoms with E-state index in [9.17, 15) is 9.59 Å². The zero-order valence-electron chi connectivity index (χ0n) is 16.9. The normalized spacial score (nSPS) is 12.2. The first-order valence-electron chi connectivity index (χ1n) is 9.47. The van der Waals surface area contributed by atoms with E-state index in [-0.39, 0.29) is 11.1 Å². The number of nitrogens with zero attached hydrogens (tertiary/aromatic N) is 3. The van der Waals surface area contributed by atoms with E-state index in [1.54, 1.807) is 0 Å². The van der Waals surface area contributed by atoms with Crippen molar-refractivity contribution in [2.75, 3.05) is 0 Å². The molecule has 6 heteroatoms. The van der Waals surface area contributed by atoms with Crippen molar-refractivity contribution in [3.8, 4) is 12.3 Å². The van der Waals surface area contributed by atoms with Gasteiger partial charge in [0, 0.05) is 33.4 Å². The van der Waals surface area contributed by atoms with Gasteiger partial charge in [0.1, 0.15) is 0 Å². The van der Waals surface area contributed by atoms with Gasteiger partial charge in [-0.15, -0.1) is 6.42 Å². The van der Waals surface area contributed by atoms with Crippen LogP contribution in [0.15, 0.2) is 27.8 Å². The maximum Gasteiger partial charge on any atom is 0.277 e. The van der Waals surface area contributed by atoms with Crippen molar-refractivity contribution in [2.45, 2.75) is 40.7 Å². The van der Waals surface area contributed by atoms with Crippen LogP contribution in [-0.4, -0.2) is 14.0 Å². The molecule has 3 aromatic heterocycles. The Bertz CT molecular complexity index is 1500. The van der Waals surface area contributed by atoms with Crippen molar-refractivity contribution in [1.29, 1.82) is 0 Å². The number of rotatable bonds is 3. The van der Waals surface area contributed by atoms with E-state index >= 15 is 0 Å². The first-order chi connectivity index (χ1) is 13.9. The Morgan fingerprint density at radius 1 is 1.21 bits per heavy atom. The molecule has 0 unspecified atom stereocenters. The molecule has 4 aromatic rings. The van der Waals surface area contributed by atoms with Crippen molar-refractivity contribution in [1.82, 2.24) is 14.0 Å². The molecule has 0 bridgehead atoms. The van der Waals surface area contributed by atoms with E-state index < -0.39 is 0 Å². The van der Waals surface area contributed by atoms with Crippen LogP contribution >= 0.6 is 11.3 Å². The lowest BCUT2D eigenvalue weighted by Crippen LogP contribution is -2.33. The van der Waals surface area contributed by atoms with Gasteiger partial charge in [-0.05, 0) is 45.4 Å². The van der Waals surface area contributed by atoms with E-state index in [0.29, 0.717) is 33.7 Å². The average Bonchev–Trinajstić information content (AvgIpc) is 3.11. The molecule has 1 aromatic carbocycles. The highest BCUT2D eigenvalue weighted by Gasteiger charge is 2.16. The van der Waals surface area contributed by atoms with Crippen LogP contribution in [0.1, 0.15) is 35.0 Å². The van der Waals surface area contributed by atoms with Crippen molar-refractivity contribution < 1.29 is 0 Å². The highest BCUT2D eigenvalue weighted by atomic mass is 32.1. The molecule has 4 rings (SSSR count). The zero-order chi connectivity index (χ0) is 20.9. The molecule has 0 spiro atoms. The minimum absolute atomic E-state index is 0.266. The summed E-state index contributed by atoms with van der Waals surface area (Å²) < 4.78 is 3.76. The van der Waals surface area contributed by atoms with Crippen molar-refractivity contribution >= 4 is 33.3 Å². The average molecular weight is 404 g/mol. The summed E-state index contributed by atoms with van der Waals surface area (Å²) in [5, 5.41) is 1.04. The maximum atomic E-state index is 13.0. The van der Waals surface area contributed by atoms with Crippen LogP contribution in [0.2, 0.25) is 0 Å². The fourth-order valence-electron chi connectivity index (χ4n) is 3.87. The second kappa shape index (κ2) is 7.02. The summed E-state index contributed by atoms with van der Waals surface area (Å²) in [5.74, 6) is 2.70. The summed E-state index contributed by atoms with van der Waals surface area (Å²) in [6.07, 6.45) is 7.99. The minimum atomic E-state index is -0.317. The molecule has 5 nitrogen and oxygen atoms in total. The van der Waals surface area contributed by atoms with Gasteiger partial charge in [0.25, 0.3) is 11.1 Å². The molecule has 0 aliphatic carbocycles. The van der Waals surface area contributed by atoms with Crippen LogP contribution in [0.4, 0.5) is 0 Å². The maximum absolute atomic E-state index is 13.0. The standard InChI is InChI=1S/C23H21N3O2S/c1-6-10-25-15(5)17(18-11-13(3)8-9-19(18)25)12-20-22(28)26-21(27)16(7-2)14(4)24-23(26)29-20/h1,8-9,11-12H,7,10H2,2-5H3/b20-12-. The molecule has 0 amide bonds. The van der Waals surface area contributed by atoms with Gasteiger partial charge in [0.2, 0.25) is 4.96 Å². The highest BCUT2D eigenvalue weighted by Crippen LogP contribution is 2.27. The topological polar surface area (TPSA) is 56.4 Å². The molecule has 0 aliphatic heterocycles. The quantitative estimate of drug-likeness (QED) is 0.494. The molecule has 0 fully saturated rings. The van der Waals surface area contributed by atoms with Crippen LogP contribution in [0.25, 0.3) is 21.9 Å². The summed E-state index contributed by atoms with van der Waals surface area (Å²) in [5.41, 5.74) is 4.79. The van der Waals surface area contributed by atoms with Crippen LogP contribution in [-0.2, 0) is 13.0 Å². The van der Waals surface area contributed by atoms with Crippen LogP contribution in [0.3, 0.4) is 0 Å². The third-order valence-corrected chi connectivity index (χ3v) is 6.34. The Morgan fingerprint density at radius 3 is 2.66 bits per heavy atom. The number of aryl methyl sites for hydroxylation is 2. The van der Waals surface area contributed by atoms with Gasteiger partial charge in [-0.25, -0.2) is 9.38 Å². The number of hydrogen-bond acceptors (Lipinski definition) is 4. The van der Waals surface area contributed by atoms with Gasteiger partial charge in [-0.1, -0.05) is 35.8 Å². The lowest BCUT2D eigenvalue weighted by atomic mass is 10.1. The molecular formula is C23H21N3O2S. The lowest BCUT2D eigenvalue weighted by molar-refractivity contribution is 0.846. The number of terminal acetylenes is 1. The number of fused-ring (bicyclic) bond motifs is 2. The van der Waals surface area contributed by atoms with Crippen LogP contribution in [0.5, 0.6) is 0 Å². The van der Waals surface area contributed by atoms with Gasteiger partial charge < -0.3 is 4.57 Å². The summed E-state index contributed by atoms with van der Waals surface area (Å²) in [7, 11) is 0. The van der Waals surface area contributed by atoms with Crippen LogP contribution in [0, 0.1) is 33.1 Å². The van der Waals surface area contributed by atoms with E-state index in [4.69, 9.17) is 6.42 Å². The SMILES string of the molecule is C#CCn1c(C)c(/C=c2\sc3nc(C)c(CC)c(=O)n3c2=O)c2cc(C)ccc21. The molecule has 0 aliphatic rings. The van der Waals surface area contributed by atoms with Crippen molar-refractivity contribution in [2.24, 2.45) is 0 Å². The number of benzene rings is 1. The Labute approximate surface area is 171 Å². The third-order valence-electron chi connectivity index (χ3n) is 5.37. The minimum Gasteiger partial charge on any atom is -0.333 e.